The lowest BCUT2D eigenvalue weighted by Crippen LogP contribution is -2.46. The highest BCUT2D eigenvalue weighted by molar-refractivity contribution is 7.89. The van der Waals surface area contributed by atoms with Gasteiger partial charge in [0.15, 0.2) is 5.69 Å². The molecule has 1 atom stereocenters. The van der Waals surface area contributed by atoms with Gasteiger partial charge in [-0.1, -0.05) is 48.5 Å². The van der Waals surface area contributed by atoms with Gasteiger partial charge in [-0.3, -0.25) is 0 Å². The van der Waals surface area contributed by atoms with Crippen molar-refractivity contribution < 1.29 is 8.42 Å². The van der Waals surface area contributed by atoms with Crippen LogP contribution < -0.4 is 9.62 Å². The molecule has 3 aromatic carbocycles. The molecule has 0 aromatic heterocycles. The number of hydrogen-bond donors (Lipinski definition) is 1. The summed E-state index contributed by atoms with van der Waals surface area (Å²) in [5.74, 6) is 0. The van der Waals surface area contributed by atoms with Crippen molar-refractivity contribution in [1.82, 2.24) is 4.72 Å². The average Bonchev–Trinajstić information content (AvgIpc) is 2.73. The highest BCUT2D eigenvalue weighted by Gasteiger charge is 2.29. The number of para-hydroxylation sites is 1. The smallest absolute Gasteiger partial charge is 0.240 e. The quantitative estimate of drug-likeness (QED) is 0.678. The second-order valence-electron chi connectivity index (χ2n) is 6.71. The van der Waals surface area contributed by atoms with Gasteiger partial charge in [-0.2, -0.15) is 0 Å². The van der Waals surface area contributed by atoms with Gasteiger partial charge in [0.05, 0.1) is 11.5 Å². The van der Waals surface area contributed by atoms with E-state index in [0.29, 0.717) is 18.7 Å². The zero-order chi connectivity index (χ0) is 19.6. The SMILES string of the molecule is [C-]#[N+]c1ccc2c(c1)CC(NS(=O)(=O)c1ccccc1)CN2c1ccccc1. The molecule has 4 rings (SSSR count). The molecule has 1 unspecified atom stereocenters. The minimum Gasteiger partial charge on any atom is -0.340 e. The molecule has 1 aliphatic heterocycles. The van der Waals surface area contributed by atoms with Crippen molar-refractivity contribution in [2.45, 2.75) is 17.4 Å². The standard InChI is InChI=1S/C22H19N3O2S/c1-23-18-12-13-22-17(14-18)15-19(16-25(22)20-8-4-2-5-9-20)24-28(26,27)21-10-6-3-7-11-21/h2-14,19,24H,15-16H2. The normalized spacial score (nSPS) is 16.2. The van der Waals surface area contributed by atoms with E-state index in [1.807, 2.05) is 42.5 Å². The van der Waals surface area contributed by atoms with Crippen molar-refractivity contribution in [3.05, 3.63) is 95.8 Å². The lowest BCUT2D eigenvalue weighted by molar-refractivity contribution is 0.538. The number of hydrogen-bond acceptors (Lipinski definition) is 3. The summed E-state index contributed by atoms with van der Waals surface area (Å²) in [4.78, 5) is 5.87. The summed E-state index contributed by atoms with van der Waals surface area (Å²) in [5, 5.41) is 0. The van der Waals surface area contributed by atoms with Gasteiger partial charge in [-0.05, 0) is 42.3 Å². The molecule has 1 heterocycles. The van der Waals surface area contributed by atoms with E-state index < -0.39 is 10.0 Å². The van der Waals surface area contributed by atoms with E-state index in [0.717, 1.165) is 16.9 Å². The van der Waals surface area contributed by atoms with Crippen molar-refractivity contribution in [3.8, 4) is 0 Å². The zero-order valence-corrected chi connectivity index (χ0v) is 15.9. The third kappa shape index (κ3) is 3.63. The highest BCUT2D eigenvalue weighted by atomic mass is 32.2. The van der Waals surface area contributed by atoms with Gasteiger partial charge in [-0.15, -0.1) is 0 Å². The molecule has 0 bridgehead atoms. The summed E-state index contributed by atoms with van der Waals surface area (Å²) in [6.07, 6.45) is 0.536. The van der Waals surface area contributed by atoms with E-state index in [1.165, 1.54) is 0 Å². The van der Waals surface area contributed by atoms with Crippen LogP contribution in [-0.2, 0) is 16.4 Å². The van der Waals surface area contributed by atoms with Gasteiger partial charge >= 0.3 is 0 Å². The maximum Gasteiger partial charge on any atom is 0.240 e. The summed E-state index contributed by atoms with van der Waals surface area (Å²) in [6, 6.07) is 23.5. The Hall–Kier alpha value is -3.14. The Labute approximate surface area is 165 Å². The van der Waals surface area contributed by atoms with Crippen molar-refractivity contribution in [1.29, 1.82) is 0 Å². The molecule has 0 saturated heterocycles. The Kier molecular flexibility index (Phi) is 4.86. The molecule has 5 nitrogen and oxygen atoms in total. The van der Waals surface area contributed by atoms with E-state index >= 15 is 0 Å². The molecule has 0 radical (unpaired) electrons. The predicted octanol–water partition coefficient (Wildman–Crippen LogP) is 4.28. The average molecular weight is 389 g/mol. The first-order valence-electron chi connectivity index (χ1n) is 8.97. The lowest BCUT2D eigenvalue weighted by atomic mass is 9.97. The summed E-state index contributed by atoms with van der Waals surface area (Å²) >= 11 is 0. The molecule has 0 spiro atoms. The molecule has 1 N–H and O–H groups in total. The highest BCUT2D eigenvalue weighted by Crippen LogP contribution is 2.36. The zero-order valence-electron chi connectivity index (χ0n) is 15.1. The number of fused-ring (bicyclic) bond motifs is 1. The second kappa shape index (κ2) is 7.47. The molecule has 3 aromatic rings. The molecule has 6 heteroatoms. The van der Waals surface area contributed by atoms with Crippen LogP contribution in [-0.4, -0.2) is 21.0 Å². The van der Waals surface area contributed by atoms with Crippen LogP contribution in [0.3, 0.4) is 0 Å². The summed E-state index contributed by atoms with van der Waals surface area (Å²) in [6.45, 7) is 7.80. The minimum absolute atomic E-state index is 0.252. The van der Waals surface area contributed by atoms with Crippen LogP contribution in [0.15, 0.2) is 83.8 Å². The first kappa shape index (κ1) is 18.2. The van der Waals surface area contributed by atoms with Crippen LogP contribution in [0.1, 0.15) is 5.56 Å². The fourth-order valence-corrected chi connectivity index (χ4v) is 4.78. The van der Waals surface area contributed by atoms with Gasteiger partial charge < -0.3 is 4.90 Å². The van der Waals surface area contributed by atoms with Gasteiger partial charge in [0.2, 0.25) is 10.0 Å². The number of benzene rings is 3. The van der Waals surface area contributed by atoms with Crippen LogP contribution >= 0.6 is 0 Å². The Balaban J connectivity index is 1.70. The number of nitrogens with one attached hydrogen (secondary N) is 1. The van der Waals surface area contributed by atoms with E-state index in [2.05, 4.69) is 14.5 Å². The third-order valence-electron chi connectivity index (χ3n) is 4.80. The lowest BCUT2D eigenvalue weighted by Gasteiger charge is -2.36. The van der Waals surface area contributed by atoms with Crippen LogP contribution in [0.4, 0.5) is 17.1 Å². The number of sulfonamides is 1. The van der Waals surface area contributed by atoms with Gasteiger partial charge in [0.25, 0.3) is 0 Å². The first-order valence-corrected chi connectivity index (χ1v) is 10.5. The fraction of sp³-hybridized carbons (Fsp3) is 0.136. The van der Waals surface area contributed by atoms with Gasteiger partial charge in [0, 0.05) is 24.0 Å². The van der Waals surface area contributed by atoms with Crippen LogP contribution in [0.5, 0.6) is 0 Å². The Morgan fingerprint density at radius 3 is 2.32 bits per heavy atom. The Bertz CT molecular complexity index is 1120. The van der Waals surface area contributed by atoms with Crippen molar-refractivity contribution in [3.63, 3.8) is 0 Å². The van der Waals surface area contributed by atoms with Crippen molar-refractivity contribution in [2.75, 3.05) is 11.4 Å². The topological polar surface area (TPSA) is 53.8 Å². The summed E-state index contributed by atoms with van der Waals surface area (Å²) in [7, 11) is -3.62. The maximum atomic E-state index is 12.8. The molecule has 0 fully saturated rings. The molecular formula is C22H19N3O2S. The summed E-state index contributed by atoms with van der Waals surface area (Å²) < 4.78 is 28.4. The second-order valence-corrected chi connectivity index (χ2v) is 8.42. The Morgan fingerprint density at radius 2 is 1.64 bits per heavy atom. The number of rotatable bonds is 4. The number of nitrogens with zero attached hydrogens (tertiary/aromatic N) is 2. The summed E-state index contributed by atoms with van der Waals surface area (Å²) in [5.41, 5.74) is 3.51. The molecule has 0 saturated carbocycles. The molecule has 28 heavy (non-hydrogen) atoms. The fourth-order valence-electron chi connectivity index (χ4n) is 3.54. The number of anilines is 2. The monoisotopic (exact) mass is 389 g/mol. The van der Waals surface area contributed by atoms with E-state index in [4.69, 9.17) is 6.57 Å². The Morgan fingerprint density at radius 1 is 0.964 bits per heavy atom. The van der Waals surface area contributed by atoms with Crippen LogP contribution in [0.25, 0.3) is 4.85 Å². The van der Waals surface area contributed by atoms with E-state index in [1.54, 1.807) is 36.4 Å². The molecule has 140 valence electrons. The van der Waals surface area contributed by atoms with E-state index in [-0.39, 0.29) is 10.9 Å². The van der Waals surface area contributed by atoms with Crippen molar-refractivity contribution in [2.24, 2.45) is 0 Å². The minimum atomic E-state index is -3.62. The third-order valence-corrected chi connectivity index (χ3v) is 6.33. The molecule has 0 amide bonds. The van der Waals surface area contributed by atoms with Gasteiger partial charge in [0.1, 0.15) is 0 Å². The largest absolute Gasteiger partial charge is 0.340 e. The van der Waals surface area contributed by atoms with Crippen molar-refractivity contribution >= 4 is 27.1 Å². The maximum absolute atomic E-state index is 12.8. The predicted molar refractivity (Wildman–Crippen MR) is 110 cm³/mol. The molecular weight excluding hydrogens is 370 g/mol. The molecule has 1 aliphatic rings. The van der Waals surface area contributed by atoms with Gasteiger partial charge in [-0.25, -0.2) is 18.0 Å². The van der Waals surface area contributed by atoms with Crippen LogP contribution in [0, 0.1) is 6.57 Å². The molecule has 0 aliphatic carbocycles. The van der Waals surface area contributed by atoms with E-state index in [9.17, 15) is 8.42 Å². The first-order chi connectivity index (χ1) is 13.6. The van der Waals surface area contributed by atoms with Crippen LogP contribution in [0.2, 0.25) is 0 Å².